The third-order valence-electron chi connectivity index (χ3n) is 1.80. The van der Waals surface area contributed by atoms with Crippen LogP contribution in [-0.2, 0) is 0 Å². The minimum absolute atomic E-state index is 0. The number of carbonyl (C=O) groups is 1. The van der Waals surface area contributed by atoms with Gasteiger partial charge in [0.25, 0.3) is 0 Å². The molecular weight excluding hydrogens is 204 g/mol. The van der Waals surface area contributed by atoms with E-state index in [4.69, 9.17) is 5.11 Å². The SMILES string of the molecule is CCCN(CCCN(C)C)C(=O)O.Cl. The molecule has 0 fully saturated rings. The minimum atomic E-state index is -0.805. The lowest BCUT2D eigenvalue weighted by molar-refractivity contribution is 0.143. The third-order valence-corrected chi connectivity index (χ3v) is 1.80. The van der Waals surface area contributed by atoms with Gasteiger partial charge in [-0.1, -0.05) is 6.92 Å². The molecule has 1 amide bonds. The van der Waals surface area contributed by atoms with Gasteiger partial charge >= 0.3 is 6.09 Å². The molecule has 0 aromatic rings. The Morgan fingerprint density at radius 3 is 2.14 bits per heavy atom. The van der Waals surface area contributed by atoms with Crippen LogP contribution in [0.4, 0.5) is 4.79 Å². The summed E-state index contributed by atoms with van der Waals surface area (Å²) in [4.78, 5) is 14.2. The van der Waals surface area contributed by atoms with Crippen molar-refractivity contribution in [2.24, 2.45) is 0 Å². The summed E-state index contributed by atoms with van der Waals surface area (Å²) in [6, 6.07) is 0. The van der Waals surface area contributed by atoms with Gasteiger partial charge in [-0.15, -0.1) is 12.4 Å². The number of carboxylic acid groups (broad SMARTS) is 1. The van der Waals surface area contributed by atoms with Crippen molar-refractivity contribution in [1.82, 2.24) is 9.80 Å². The van der Waals surface area contributed by atoms with Crippen molar-refractivity contribution >= 4 is 18.5 Å². The Morgan fingerprint density at radius 2 is 1.79 bits per heavy atom. The molecule has 0 aromatic heterocycles. The summed E-state index contributed by atoms with van der Waals surface area (Å²) >= 11 is 0. The Balaban J connectivity index is 0. The summed E-state index contributed by atoms with van der Waals surface area (Å²) in [6.45, 7) is 4.21. The van der Waals surface area contributed by atoms with E-state index in [1.165, 1.54) is 4.90 Å². The molecule has 0 saturated heterocycles. The van der Waals surface area contributed by atoms with Gasteiger partial charge in [0, 0.05) is 13.1 Å². The number of rotatable bonds is 6. The monoisotopic (exact) mass is 224 g/mol. The van der Waals surface area contributed by atoms with E-state index in [1.807, 2.05) is 21.0 Å². The fourth-order valence-electron chi connectivity index (χ4n) is 1.15. The van der Waals surface area contributed by atoms with E-state index in [0.717, 1.165) is 19.4 Å². The van der Waals surface area contributed by atoms with Crippen molar-refractivity contribution < 1.29 is 9.90 Å². The molecule has 0 aliphatic heterocycles. The first-order valence-electron chi connectivity index (χ1n) is 4.70. The van der Waals surface area contributed by atoms with Crippen molar-refractivity contribution in [2.45, 2.75) is 19.8 Å². The highest BCUT2D eigenvalue weighted by Crippen LogP contribution is 1.95. The quantitative estimate of drug-likeness (QED) is 0.748. The van der Waals surface area contributed by atoms with Crippen LogP contribution in [0.2, 0.25) is 0 Å². The summed E-state index contributed by atoms with van der Waals surface area (Å²) in [5, 5.41) is 8.78. The smallest absolute Gasteiger partial charge is 0.407 e. The number of hydrogen-bond acceptors (Lipinski definition) is 2. The van der Waals surface area contributed by atoms with Crippen LogP contribution in [0.1, 0.15) is 19.8 Å². The number of hydrogen-bond donors (Lipinski definition) is 1. The van der Waals surface area contributed by atoms with Crippen molar-refractivity contribution in [1.29, 1.82) is 0 Å². The van der Waals surface area contributed by atoms with E-state index in [2.05, 4.69) is 4.90 Å². The molecule has 4 nitrogen and oxygen atoms in total. The van der Waals surface area contributed by atoms with Crippen molar-refractivity contribution in [3.63, 3.8) is 0 Å². The highest BCUT2D eigenvalue weighted by molar-refractivity contribution is 5.85. The van der Waals surface area contributed by atoms with Gasteiger partial charge < -0.3 is 14.9 Å². The number of halogens is 1. The molecule has 0 unspecified atom stereocenters. The summed E-state index contributed by atoms with van der Waals surface area (Å²) in [6.07, 6.45) is 0.980. The van der Waals surface area contributed by atoms with E-state index in [-0.39, 0.29) is 12.4 Å². The van der Waals surface area contributed by atoms with E-state index in [9.17, 15) is 4.79 Å². The molecule has 0 aliphatic rings. The second-order valence-corrected chi connectivity index (χ2v) is 3.43. The highest BCUT2D eigenvalue weighted by Gasteiger charge is 2.08. The normalized spacial score (nSPS) is 9.71. The molecule has 1 N–H and O–H groups in total. The first-order chi connectivity index (χ1) is 6.07. The molecule has 86 valence electrons. The minimum Gasteiger partial charge on any atom is -0.465 e. The number of amides is 1. The van der Waals surface area contributed by atoms with Gasteiger partial charge in [-0.2, -0.15) is 0 Å². The molecule has 0 rings (SSSR count). The Labute approximate surface area is 92.3 Å². The highest BCUT2D eigenvalue weighted by atomic mass is 35.5. The fraction of sp³-hybridized carbons (Fsp3) is 0.889. The Bertz CT molecular complexity index is 154. The summed E-state index contributed by atoms with van der Waals surface area (Å²) in [5.41, 5.74) is 0. The molecule has 0 heterocycles. The molecule has 5 heteroatoms. The Morgan fingerprint density at radius 1 is 1.21 bits per heavy atom. The fourth-order valence-corrected chi connectivity index (χ4v) is 1.15. The number of nitrogens with zero attached hydrogens (tertiary/aromatic N) is 2. The van der Waals surface area contributed by atoms with Gasteiger partial charge in [0.2, 0.25) is 0 Å². The zero-order valence-corrected chi connectivity index (χ0v) is 10.0. The summed E-state index contributed by atoms with van der Waals surface area (Å²) in [7, 11) is 3.98. The van der Waals surface area contributed by atoms with Crippen LogP contribution in [-0.4, -0.2) is 54.7 Å². The van der Waals surface area contributed by atoms with E-state index in [0.29, 0.717) is 13.1 Å². The van der Waals surface area contributed by atoms with Crippen LogP contribution in [0.15, 0.2) is 0 Å². The first kappa shape index (κ1) is 16.0. The maximum atomic E-state index is 10.7. The second kappa shape index (κ2) is 9.09. The van der Waals surface area contributed by atoms with Gasteiger partial charge in [-0.3, -0.25) is 0 Å². The molecule has 0 bridgehead atoms. The molecule has 0 radical (unpaired) electrons. The molecule has 0 atom stereocenters. The molecule has 0 aliphatic carbocycles. The van der Waals surface area contributed by atoms with E-state index < -0.39 is 6.09 Å². The van der Waals surface area contributed by atoms with Crippen LogP contribution in [0.5, 0.6) is 0 Å². The molecule has 0 spiro atoms. The largest absolute Gasteiger partial charge is 0.465 e. The van der Waals surface area contributed by atoms with Crippen LogP contribution < -0.4 is 0 Å². The zero-order chi connectivity index (χ0) is 10.3. The van der Waals surface area contributed by atoms with Crippen molar-refractivity contribution in [2.75, 3.05) is 33.7 Å². The Hall–Kier alpha value is -0.480. The van der Waals surface area contributed by atoms with Gasteiger partial charge in [-0.05, 0) is 33.5 Å². The van der Waals surface area contributed by atoms with Gasteiger partial charge in [0.05, 0.1) is 0 Å². The van der Waals surface area contributed by atoms with E-state index in [1.54, 1.807) is 0 Å². The van der Waals surface area contributed by atoms with Gasteiger partial charge in [-0.25, -0.2) is 4.79 Å². The summed E-state index contributed by atoms with van der Waals surface area (Å²) in [5.74, 6) is 0. The molecule has 0 aromatic carbocycles. The molecule has 14 heavy (non-hydrogen) atoms. The van der Waals surface area contributed by atoms with Gasteiger partial charge in [0.1, 0.15) is 0 Å². The van der Waals surface area contributed by atoms with Crippen molar-refractivity contribution in [3.05, 3.63) is 0 Å². The van der Waals surface area contributed by atoms with Crippen molar-refractivity contribution in [3.8, 4) is 0 Å². The average Bonchev–Trinajstić information content (AvgIpc) is 2.02. The van der Waals surface area contributed by atoms with E-state index >= 15 is 0 Å². The predicted octanol–water partition coefficient (Wildman–Crippen LogP) is 1.75. The van der Waals surface area contributed by atoms with Crippen LogP contribution in [0, 0.1) is 0 Å². The predicted molar refractivity (Wildman–Crippen MR) is 60.3 cm³/mol. The maximum absolute atomic E-state index is 10.7. The van der Waals surface area contributed by atoms with Crippen LogP contribution in [0.3, 0.4) is 0 Å². The molecule has 0 saturated carbocycles. The lowest BCUT2D eigenvalue weighted by atomic mass is 10.3. The van der Waals surface area contributed by atoms with Crippen LogP contribution >= 0.6 is 12.4 Å². The standard InChI is InChI=1S/C9H20N2O2.ClH/c1-4-6-11(9(12)13)8-5-7-10(2)3;/h4-8H2,1-3H3,(H,12,13);1H. The van der Waals surface area contributed by atoms with Gasteiger partial charge in [0.15, 0.2) is 0 Å². The summed E-state index contributed by atoms with van der Waals surface area (Å²) < 4.78 is 0. The maximum Gasteiger partial charge on any atom is 0.407 e. The third kappa shape index (κ3) is 8.13. The molecular formula is C9H21ClN2O2. The Kier molecular flexibility index (Phi) is 10.4. The lowest BCUT2D eigenvalue weighted by Gasteiger charge is -2.19. The second-order valence-electron chi connectivity index (χ2n) is 3.43. The first-order valence-corrected chi connectivity index (χ1v) is 4.70. The topological polar surface area (TPSA) is 43.8 Å². The zero-order valence-electron chi connectivity index (χ0n) is 9.19. The lowest BCUT2D eigenvalue weighted by Crippen LogP contribution is -2.32. The average molecular weight is 225 g/mol. The van der Waals surface area contributed by atoms with Crippen LogP contribution in [0.25, 0.3) is 0 Å².